The van der Waals surface area contributed by atoms with E-state index in [9.17, 15) is 9.59 Å². The van der Waals surface area contributed by atoms with Gasteiger partial charge in [0.1, 0.15) is 0 Å². The molecule has 9 heteroatoms. The van der Waals surface area contributed by atoms with Gasteiger partial charge in [0.2, 0.25) is 11.8 Å². The first-order valence-electron chi connectivity index (χ1n) is 9.25. The summed E-state index contributed by atoms with van der Waals surface area (Å²) < 4.78 is 22.0. The van der Waals surface area contributed by atoms with Crippen molar-refractivity contribution >= 4 is 11.8 Å². The second-order valence-corrected chi connectivity index (χ2v) is 5.77. The van der Waals surface area contributed by atoms with Crippen molar-refractivity contribution < 1.29 is 28.5 Å². The van der Waals surface area contributed by atoms with Crippen molar-refractivity contribution in [3.8, 4) is 0 Å². The van der Waals surface area contributed by atoms with E-state index in [1.807, 2.05) is 6.92 Å². The van der Waals surface area contributed by atoms with Crippen molar-refractivity contribution in [3.05, 3.63) is 0 Å². The van der Waals surface area contributed by atoms with Crippen LogP contribution in [0.5, 0.6) is 0 Å². The number of nitrogens with two attached hydrogens (primary N) is 1. The summed E-state index contributed by atoms with van der Waals surface area (Å²) in [5, 5.41) is 0. The lowest BCUT2D eigenvalue weighted by molar-refractivity contribution is -0.133. The summed E-state index contributed by atoms with van der Waals surface area (Å²) in [6.07, 6.45) is 0.463. The van der Waals surface area contributed by atoms with E-state index < -0.39 is 0 Å². The Morgan fingerprint density at radius 3 is 1.35 bits per heavy atom. The average Bonchev–Trinajstić information content (AvgIpc) is 2.66. The third kappa shape index (κ3) is 10.0. The van der Waals surface area contributed by atoms with E-state index in [-0.39, 0.29) is 18.4 Å². The van der Waals surface area contributed by atoms with Crippen LogP contribution >= 0.6 is 0 Å². The molecule has 0 aromatic rings. The standard InChI is InChI=1S/C17H33N3O6/c1-2-16(21)19-3-7-23-11-13-25-9-5-20(17(22)15-18)6-10-26-14-12-24-8-4-19/h2-15,18H2,1H3. The number of hydrogen-bond donors (Lipinski definition) is 1. The molecule has 0 atom stereocenters. The number of ether oxygens (including phenoxy) is 4. The van der Waals surface area contributed by atoms with Gasteiger partial charge in [-0.05, 0) is 0 Å². The van der Waals surface area contributed by atoms with Crippen molar-refractivity contribution in [2.45, 2.75) is 13.3 Å². The Morgan fingerprint density at radius 2 is 1.04 bits per heavy atom. The van der Waals surface area contributed by atoms with Crippen LogP contribution in [0.4, 0.5) is 0 Å². The maximum atomic E-state index is 11.9. The van der Waals surface area contributed by atoms with Crippen LogP contribution in [0.25, 0.3) is 0 Å². The summed E-state index contributed by atoms with van der Waals surface area (Å²) in [5.74, 6) is -0.0384. The number of rotatable bonds is 2. The van der Waals surface area contributed by atoms with Gasteiger partial charge >= 0.3 is 0 Å². The van der Waals surface area contributed by atoms with Gasteiger partial charge in [-0.2, -0.15) is 0 Å². The molecule has 0 aromatic carbocycles. The van der Waals surface area contributed by atoms with Gasteiger partial charge < -0.3 is 34.5 Å². The molecule has 26 heavy (non-hydrogen) atoms. The van der Waals surface area contributed by atoms with E-state index in [0.29, 0.717) is 85.5 Å². The van der Waals surface area contributed by atoms with Crippen LogP contribution in [0.3, 0.4) is 0 Å². The minimum Gasteiger partial charge on any atom is -0.377 e. The lowest BCUT2D eigenvalue weighted by Crippen LogP contribution is -2.40. The first kappa shape index (κ1) is 22.8. The molecule has 1 aliphatic heterocycles. The normalized spacial score (nSPS) is 20.2. The van der Waals surface area contributed by atoms with E-state index in [1.165, 1.54) is 0 Å². The van der Waals surface area contributed by atoms with Crippen molar-refractivity contribution in [1.29, 1.82) is 0 Å². The van der Waals surface area contributed by atoms with Gasteiger partial charge in [0.05, 0.1) is 59.4 Å². The van der Waals surface area contributed by atoms with Crippen LogP contribution < -0.4 is 5.73 Å². The molecule has 1 saturated heterocycles. The Labute approximate surface area is 155 Å². The molecule has 1 heterocycles. The molecule has 2 amide bonds. The average molecular weight is 375 g/mol. The maximum absolute atomic E-state index is 11.9. The third-order valence-corrected chi connectivity index (χ3v) is 3.95. The molecule has 0 saturated carbocycles. The van der Waals surface area contributed by atoms with Gasteiger partial charge in [-0.25, -0.2) is 0 Å². The van der Waals surface area contributed by atoms with Crippen LogP contribution in [0.2, 0.25) is 0 Å². The molecular weight excluding hydrogens is 342 g/mol. The predicted molar refractivity (Wildman–Crippen MR) is 95.8 cm³/mol. The van der Waals surface area contributed by atoms with Gasteiger partial charge in [0.25, 0.3) is 0 Å². The van der Waals surface area contributed by atoms with Crippen molar-refractivity contribution in [1.82, 2.24) is 9.80 Å². The molecule has 1 rings (SSSR count). The lowest BCUT2D eigenvalue weighted by atomic mass is 10.4. The third-order valence-electron chi connectivity index (χ3n) is 3.95. The first-order valence-corrected chi connectivity index (χ1v) is 9.25. The lowest BCUT2D eigenvalue weighted by Gasteiger charge is -2.23. The highest BCUT2D eigenvalue weighted by atomic mass is 16.5. The minimum atomic E-state index is -0.125. The summed E-state index contributed by atoms with van der Waals surface area (Å²) in [4.78, 5) is 27.1. The van der Waals surface area contributed by atoms with Gasteiger partial charge in [0, 0.05) is 32.6 Å². The maximum Gasteiger partial charge on any atom is 0.236 e. The second kappa shape index (κ2) is 14.9. The SMILES string of the molecule is CCC(=O)N1CCOCCOCCN(C(=O)CN)CCOCCOCC1. The number of amides is 2. The molecule has 1 aliphatic rings. The Hall–Kier alpha value is -1.26. The molecule has 0 aliphatic carbocycles. The molecule has 0 bridgehead atoms. The summed E-state index contributed by atoms with van der Waals surface area (Å²) in [7, 11) is 0. The highest BCUT2D eigenvalue weighted by Crippen LogP contribution is 1.96. The van der Waals surface area contributed by atoms with Gasteiger partial charge in [-0.15, -0.1) is 0 Å². The van der Waals surface area contributed by atoms with Crippen LogP contribution in [0.15, 0.2) is 0 Å². The first-order chi connectivity index (χ1) is 12.7. The summed E-state index contributed by atoms with van der Waals surface area (Å²) in [6, 6.07) is 0. The largest absolute Gasteiger partial charge is 0.377 e. The Bertz CT molecular complexity index is 341. The monoisotopic (exact) mass is 375 g/mol. The predicted octanol–water partition coefficient (Wildman–Crippen LogP) is -0.908. The fourth-order valence-corrected chi connectivity index (χ4v) is 2.42. The zero-order chi connectivity index (χ0) is 19.0. The van der Waals surface area contributed by atoms with Gasteiger partial charge in [-0.1, -0.05) is 6.92 Å². The van der Waals surface area contributed by atoms with Gasteiger partial charge in [0.15, 0.2) is 0 Å². The second-order valence-electron chi connectivity index (χ2n) is 5.77. The Balaban J connectivity index is 2.43. The highest BCUT2D eigenvalue weighted by molar-refractivity contribution is 5.78. The summed E-state index contributed by atoms with van der Waals surface area (Å²) in [5.41, 5.74) is 5.44. The van der Waals surface area contributed by atoms with Crippen molar-refractivity contribution in [2.75, 3.05) is 85.6 Å². The van der Waals surface area contributed by atoms with E-state index >= 15 is 0 Å². The fourth-order valence-electron chi connectivity index (χ4n) is 2.42. The minimum absolute atomic E-state index is 0.0286. The topological polar surface area (TPSA) is 104 Å². The van der Waals surface area contributed by atoms with Crippen molar-refractivity contribution in [2.24, 2.45) is 5.73 Å². The van der Waals surface area contributed by atoms with Crippen molar-refractivity contribution in [3.63, 3.8) is 0 Å². The quantitative estimate of drug-likeness (QED) is 0.666. The van der Waals surface area contributed by atoms with E-state index in [1.54, 1.807) is 9.80 Å². The number of carbonyl (C=O) groups excluding carboxylic acids is 2. The van der Waals surface area contributed by atoms with Gasteiger partial charge in [-0.3, -0.25) is 9.59 Å². The Morgan fingerprint density at radius 1 is 0.692 bits per heavy atom. The smallest absolute Gasteiger partial charge is 0.236 e. The molecule has 2 N–H and O–H groups in total. The molecule has 0 spiro atoms. The zero-order valence-electron chi connectivity index (χ0n) is 15.8. The molecule has 0 aromatic heterocycles. The number of hydrogen-bond acceptors (Lipinski definition) is 7. The molecule has 9 nitrogen and oxygen atoms in total. The van der Waals surface area contributed by atoms with E-state index in [0.717, 1.165) is 0 Å². The van der Waals surface area contributed by atoms with Crippen LogP contribution in [0.1, 0.15) is 13.3 Å². The fraction of sp³-hybridized carbons (Fsp3) is 0.882. The molecule has 0 unspecified atom stereocenters. The highest BCUT2D eigenvalue weighted by Gasteiger charge is 2.13. The molecular formula is C17H33N3O6. The summed E-state index contributed by atoms with van der Waals surface area (Å²) in [6.45, 7) is 7.31. The number of carbonyl (C=O) groups is 2. The number of nitrogens with zero attached hydrogens (tertiary/aromatic N) is 2. The summed E-state index contributed by atoms with van der Waals surface area (Å²) >= 11 is 0. The van der Waals surface area contributed by atoms with E-state index in [4.69, 9.17) is 24.7 Å². The molecule has 0 radical (unpaired) electrons. The molecule has 152 valence electrons. The molecule has 1 fully saturated rings. The zero-order valence-corrected chi connectivity index (χ0v) is 15.8. The Kier molecular flexibility index (Phi) is 13.0. The van der Waals surface area contributed by atoms with Crippen LogP contribution in [-0.2, 0) is 28.5 Å². The van der Waals surface area contributed by atoms with Crippen LogP contribution in [0, 0.1) is 0 Å². The van der Waals surface area contributed by atoms with Crippen LogP contribution in [-0.4, -0.2) is 107 Å². The van der Waals surface area contributed by atoms with E-state index in [2.05, 4.69) is 0 Å².